The van der Waals surface area contributed by atoms with Gasteiger partial charge in [0.05, 0.1) is 32.0 Å². The Labute approximate surface area is 392 Å². The summed E-state index contributed by atoms with van der Waals surface area (Å²) in [6, 6.07) is 0. The number of rotatable bonds is 9. The van der Waals surface area contributed by atoms with Crippen LogP contribution in [0.4, 0.5) is 0 Å². The molecule has 384 valence electrons. The summed E-state index contributed by atoms with van der Waals surface area (Å²) < 4.78 is 36.0. The smallest absolute Gasteiger partial charge is 0.317 e. The van der Waals surface area contributed by atoms with Crippen LogP contribution in [0.5, 0.6) is 0 Å². The summed E-state index contributed by atoms with van der Waals surface area (Å²) in [7, 11) is 0. The fourth-order valence-electron chi connectivity index (χ4n) is 15.1. The molecule has 3 aliphatic heterocycles. The van der Waals surface area contributed by atoms with Crippen LogP contribution in [-0.4, -0.2) is 191 Å². The maximum absolute atomic E-state index is 14.7. The molecule has 19 nitrogen and oxygen atoms in total. The monoisotopic (exact) mass is 959 g/mol. The average Bonchev–Trinajstić information content (AvgIpc) is 3.27. The van der Waals surface area contributed by atoms with Crippen LogP contribution in [0.3, 0.4) is 0 Å². The Hall–Kier alpha value is -1.47. The van der Waals surface area contributed by atoms with Crippen LogP contribution in [0.15, 0.2) is 11.6 Å². The van der Waals surface area contributed by atoms with Gasteiger partial charge in [-0.1, -0.05) is 60.1 Å². The number of carbonyl (C=O) groups is 1. The van der Waals surface area contributed by atoms with E-state index in [9.17, 15) is 66.1 Å². The van der Waals surface area contributed by atoms with Crippen molar-refractivity contribution in [1.82, 2.24) is 0 Å². The van der Waals surface area contributed by atoms with E-state index in [1.54, 1.807) is 0 Å². The van der Waals surface area contributed by atoms with Crippen LogP contribution in [0.2, 0.25) is 0 Å². The number of hydrogen-bond acceptors (Lipinski definition) is 19. The third-order valence-corrected chi connectivity index (χ3v) is 19.3. The molecule has 4 saturated carbocycles. The summed E-state index contributed by atoms with van der Waals surface area (Å²) in [5.41, 5.74) is -2.13. The Balaban J connectivity index is 1.06. The molecular weight excluding hydrogens is 881 g/mol. The van der Waals surface area contributed by atoms with Crippen molar-refractivity contribution < 1.29 is 94.5 Å². The van der Waals surface area contributed by atoms with E-state index in [0.717, 1.165) is 24.8 Å². The van der Waals surface area contributed by atoms with Crippen LogP contribution in [0.1, 0.15) is 106 Å². The van der Waals surface area contributed by atoms with Gasteiger partial charge in [0.15, 0.2) is 12.6 Å². The maximum atomic E-state index is 14.7. The zero-order valence-electron chi connectivity index (χ0n) is 39.8. The maximum Gasteiger partial charge on any atom is 0.317 e. The zero-order chi connectivity index (χ0) is 49.1. The highest BCUT2D eigenvalue weighted by molar-refractivity contribution is 5.80. The molecule has 5 aliphatic carbocycles. The Bertz CT molecular complexity index is 1830. The second kappa shape index (κ2) is 18.2. The fraction of sp³-hybridized carbons (Fsp3) is 0.938. The van der Waals surface area contributed by atoms with Gasteiger partial charge in [-0.2, -0.15) is 0 Å². The van der Waals surface area contributed by atoms with E-state index in [4.69, 9.17) is 28.4 Å². The number of aliphatic hydroxyl groups is 12. The predicted octanol–water partition coefficient (Wildman–Crippen LogP) is -0.889. The van der Waals surface area contributed by atoms with Crippen molar-refractivity contribution in [3.05, 3.63) is 11.6 Å². The lowest BCUT2D eigenvalue weighted by Gasteiger charge is -2.71. The number of esters is 1. The summed E-state index contributed by atoms with van der Waals surface area (Å²) in [6.07, 6.45) is -17.7. The largest absolute Gasteiger partial charge is 0.432 e. The molecule has 12 N–H and O–H groups in total. The van der Waals surface area contributed by atoms with Gasteiger partial charge in [0.2, 0.25) is 6.29 Å². The normalized spacial score (nSPS) is 53.8. The quantitative estimate of drug-likeness (QED) is 0.0758. The summed E-state index contributed by atoms with van der Waals surface area (Å²) in [5, 5.41) is 128. The molecule has 7 fully saturated rings. The molecule has 0 aromatic rings. The van der Waals surface area contributed by atoms with Crippen molar-refractivity contribution in [1.29, 1.82) is 0 Å². The van der Waals surface area contributed by atoms with Crippen molar-refractivity contribution in [3.63, 3.8) is 0 Å². The number of aliphatic hydroxyl groups excluding tert-OH is 12. The van der Waals surface area contributed by atoms with Gasteiger partial charge in [-0.3, -0.25) is 4.79 Å². The van der Waals surface area contributed by atoms with Gasteiger partial charge < -0.3 is 89.7 Å². The molecule has 3 heterocycles. The minimum absolute atomic E-state index is 0.0858. The van der Waals surface area contributed by atoms with Crippen LogP contribution in [-0.2, 0) is 33.2 Å². The number of allylic oxidation sites excluding steroid dienone is 2. The summed E-state index contributed by atoms with van der Waals surface area (Å²) in [4.78, 5) is 14.7. The molecule has 67 heavy (non-hydrogen) atoms. The molecule has 0 radical (unpaired) electrons. The Kier molecular flexibility index (Phi) is 14.1. The Morgan fingerprint density at radius 3 is 1.76 bits per heavy atom. The van der Waals surface area contributed by atoms with E-state index in [1.807, 2.05) is 0 Å². The minimum Gasteiger partial charge on any atom is -0.432 e. The van der Waals surface area contributed by atoms with Crippen molar-refractivity contribution in [2.75, 3.05) is 19.8 Å². The van der Waals surface area contributed by atoms with Crippen molar-refractivity contribution in [3.8, 4) is 0 Å². The van der Waals surface area contributed by atoms with E-state index < -0.39 is 152 Å². The SMILES string of the molecule is CC1(C)CC[C@]2(C(=O)O[C@@H]3O[C@H](CO)[C@@H](O)[C@H](O)[C@H]3O)[C@H](O)C[C@]3(C)C(=CC[C@@H]4[C@@]5(C)CC[C@H](O[C@@H]6O[C@H](CO)[C@@H](O)[C@H](O)[C@H]6O[C@@H]6O[C@H](CO)[C@@H](O)[C@H](O)[C@H]6O)C(C)(C)[C@@H]5CC[C@]43C)[C@@H]2C1. The molecule has 0 aromatic carbocycles. The lowest BCUT2D eigenvalue weighted by molar-refractivity contribution is -0.378. The summed E-state index contributed by atoms with van der Waals surface area (Å²) in [6.45, 7) is 13.5. The lowest BCUT2D eigenvalue weighted by atomic mass is 9.33. The second-order valence-electron chi connectivity index (χ2n) is 23.6. The predicted molar refractivity (Wildman–Crippen MR) is 232 cm³/mol. The molecule has 0 spiro atoms. The molecule has 3 saturated heterocycles. The van der Waals surface area contributed by atoms with Gasteiger partial charge >= 0.3 is 5.97 Å². The summed E-state index contributed by atoms with van der Waals surface area (Å²) in [5.74, 6) is -0.945. The number of carbonyl (C=O) groups excluding carboxylic acids is 1. The highest BCUT2D eigenvalue weighted by Crippen LogP contribution is 2.76. The third-order valence-electron chi connectivity index (χ3n) is 19.3. The van der Waals surface area contributed by atoms with Gasteiger partial charge in [0, 0.05) is 0 Å². The molecule has 8 rings (SSSR count). The molecule has 0 bridgehead atoms. The van der Waals surface area contributed by atoms with Gasteiger partial charge in [0.25, 0.3) is 0 Å². The van der Waals surface area contributed by atoms with Gasteiger partial charge in [-0.05, 0) is 103 Å². The van der Waals surface area contributed by atoms with E-state index >= 15 is 0 Å². The van der Waals surface area contributed by atoms with Crippen molar-refractivity contribution >= 4 is 5.97 Å². The number of hydrogen-bond donors (Lipinski definition) is 12. The topological polar surface area (TPSA) is 315 Å². The Morgan fingerprint density at radius 2 is 1.16 bits per heavy atom. The number of ether oxygens (including phenoxy) is 6. The third kappa shape index (κ3) is 8.01. The first-order valence-corrected chi connectivity index (χ1v) is 24.4. The standard InChI is InChI=1S/C48H78O19/c1-43(2)14-15-48(42(61)67-40-37(60)34(57)31(54)24(19-50)63-40)22(16-43)21-8-9-27-45(5)12-11-29(44(3,4)26(45)10-13-46(27,6)47(21,7)17-28(48)52)65-41-38(35(58)32(55)25(20-51)64-41)66-39-36(59)33(56)30(53)23(18-49)62-39/h8,22-41,49-60H,9-20H2,1-7H3/t22-,23+,24+,25+,26-,27+,28+,29-,30+,31+,32+,33-,34-,35-,36+,37+,38+,39-,40-,41-,45-,46+,47+,48+/m0/s1. The van der Waals surface area contributed by atoms with E-state index in [0.29, 0.717) is 32.1 Å². The van der Waals surface area contributed by atoms with E-state index in [-0.39, 0.29) is 34.5 Å². The summed E-state index contributed by atoms with van der Waals surface area (Å²) >= 11 is 0. The van der Waals surface area contributed by atoms with Crippen molar-refractivity contribution in [2.45, 2.75) is 211 Å². The van der Waals surface area contributed by atoms with Gasteiger partial charge in [0.1, 0.15) is 78.7 Å². The molecule has 8 aliphatic rings. The van der Waals surface area contributed by atoms with Crippen LogP contribution >= 0.6 is 0 Å². The highest BCUT2D eigenvalue weighted by atomic mass is 16.8. The van der Waals surface area contributed by atoms with Gasteiger partial charge in [-0.15, -0.1) is 0 Å². The lowest BCUT2D eigenvalue weighted by Crippen LogP contribution is -2.68. The van der Waals surface area contributed by atoms with E-state index in [1.165, 1.54) is 0 Å². The van der Waals surface area contributed by atoms with E-state index in [2.05, 4.69) is 54.5 Å². The van der Waals surface area contributed by atoms with Crippen molar-refractivity contribution in [2.24, 2.45) is 50.2 Å². The molecule has 0 aromatic heterocycles. The minimum atomic E-state index is -1.80. The molecule has 19 heteroatoms. The molecule has 24 atom stereocenters. The first-order valence-electron chi connectivity index (χ1n) is 24.4. The fourth-order valence-corrected chi connectivity index (χ4v) is 15.1. The average molecular weight is 959 g/mol. The van der Waals surface area contributed by atoms with Gasteiger partial charge in [-0.25, -0.2) is 0 Å². The Morgan fingerprint density at radius 1 is 0.612 bits per heavy atom. The molecule has 0 amide bonds. The molecule has 0 unspecified atom stereocenters. The highest BCUT2D eigenvalue weighted by Gasteiger charge is 2.72. The second-order valence-corrected chi connectivity index (χ2v) is 23.6. The zero-order valence-corrected chi connectivity index (χ0v) is 39.8. The first kappa shape index (κ1) is 51.9. The van der Waals surface area contributed by atoms with Crippen LogP contribution in [0, 0.1) is 50.2 Å². The molecular formula is C48H78O19. The van der Waals surface area contributed by atoms with Crippen LogP contribution in [0.25, 0.3) is 0 Å². The first-order chi connectivity index (χ1) is 31.3. The van der Waals surface area contributed by atoms with Crippen LogP contribution < -0.4 is 0 Å². The number of fused-ring (bicyclic) bond motifs is 7.